The van der Waals surface area contributed by atoms with Crippen molar-refractivity contribution in [1.82, 2.24) is 9.78 Å². The molecule has 4 nitrogen and oxygen atoms in total. The van der Waals surface area contributed by atoms with Crippen LogP contribution in [0.15, 0.2) is 28.8 Å². The van der Waals surface area contributed by atoms with Gasteiger partial charge in [-0.15, -0.1) is 0 Å². The molecule has 0 aliphatic carbocycles. The van der Waals surface area contributed by atoms with E-state index in [9.17, 15) is 4.79 Å². The minimum Gasteiger partial charge on any atom is -0.441 e. The van der Waals surface area contributed by atoms with Gasteiger partial charge in [-0.05, 0) is 36.7 Å². The van der Waals surface area contributed by atoms with Crippen LogP contribution in [0.2, 0.25) is 5.22 Å². The minimum atomic E-state index is -0.207. The van der Waals surface area contributed by atoms with Gasteiger partial charge < -0.3 is 4.42 Å². The highest BCUT2D eigenvalue weighted by Crippen LogP contribution is 2.16. The SMILES string of the molecule is CCn1nccc1C(=O)c1ccc(Cl)o1. The van der Waals surface area contributed by atoms with E-state index < -0.39 is 0 Å². The molecule has 0 aliphatic heterocycles. The zero-order valence-electron chi connectivity index (χ0n) is 8.11. The number of ketones is 1. The Balaban J connectivity index is 2.36. The summed E-state index contributed by atoms with van der Waals surface area (Å²) in [6.07, 6.45) is 1.58. The van der Waals surface area contributed by atoms with Gasteiger partial charge in [-0.2, -0.15) is 5.10 Å². The maximum atomic E-state index is 11.9. The van der Waals surface area contributed by atoms with Crippen molar-refractivity contribution in [3.8, 4) is 0 Å². The minimum absolute atomic E-state index is 0.207. The van der Waals surface area contributed by atoms with Crippen molar-refractivity contribution in [1.29, 1.82) is 0 Å². The Kier molecular flexibility index (Phi) is 2.60. The fraction of sp³-hybridized carbons (Fsp3) is 0.200. The topological polar surface area (TPSA) is 48.0 Å². The molecule has 78 valence electrons. The van der Waals surface area contributed by atoms with Crippen molar-refractivity contribution in [3.05, 3.63) is 41.1 Å². The highest BCUT2D eigenvalue weighted by molar-refractivity contribution is 6.29. The molecule has 0 aromatic carbocycles. The number of carbonyl (C=O) groups excluding carboxylic acids is 1. The number of rotatable bonds is 3. The fourth-order valence-electron chi connectivity index (χ4n) is 1.34. The van der Waals surface area contributed by atoms with Crippen LogP contribution in [0.5, 0.6) is 0 Å². The maximum absolute atomic E-state index is 11.9. The Morgan fingerprint density at radius 3 is 2.93 bits per heavy atom. The molecule has 2 aromatic rings. The summed E-state index contributed by atoms with van der Waals surface area (Å²) in [5.74, 6) is 0.0245. The normalized spacial score (nSPS) is 10.5. The lowest BCUT2D eigenvalue weighted by Crippen LogP contribution is -2.09. The Morgan fingerprint density at radius 2 is 2.33 bits per heavy atom. The first-order valence-electron chi connectivity index (χ1n) is 4.54. The van der Waals surface area contributed by atoms with E-state index in [4.69, 9.17) is 16.0 Å². The van der Waals surface area contributed by atoms with Crippen LogP contribution in [-0.2, 0) is 6.54 Å². The molecule has 0 amide bonds. The van der Waals surface area contributed by atoms with E-state index in [2.05, 4.69) is 5.10 Å². The summed E-state index contributed by atoms with van der Waals surface area (Å²) in [5, 5.41) is 4.22. The molecule has 0 aliphatic rings. The van der Waals surface area contributed by atoms with Crippen LogP contribution in [0.1, 0.15) is 23.2 Å². The van der Waals surface area contributed by atoms with Crippen LogP contribution in [0, 0.1) is 0 Å². The summed E-state index contributed by atoms with van der Waals surface area (Å²) >= 11 is 5.60. The molecule has 0 bridgehead atoms. The molecule has 0 N–H and O–H groups in total. The van der Waals surface area contributed by atoms with Gasteiger partial charge in [-0.1, -0.05) is 0 Å². The van der Waals surface area contributed by atoms with Crippen molar-refractivity contribution >= 4 is 17.4 Å². The number of furan rings is 1. The van der Waals surface area contributed by atoms with E-state index in [1.807, 2.05) is 6.92 Å². The molecule has 5 heteroatoms. The molecule has 0 atom stereocenters. The molecule has 0 spiro atoms. The Hall–Kier alpha value is -1.55. The van der Waals surface area contributed by atoms with Crippen LogP contribution in [0.3, 0.4) is 0 Å². The summed E-state index contributed by atoms with van der Waals surface area (Å²) in [6.45, 7) is 2.56. The summed E-state index contributed by atoms with van der Waals surface area (Å²) in [5.41, 5.74) is 0.503. The van der Waals surface area contributed by atoms with Gasteiger partial charge in [0, 0.05) is 12.7 Å². The highest BCUT2D eigenvalue weighted by atomic mass is 35.5. The van der Waals surface area contributed by atoms with Gasteiger partial charge in [0.2, 0.25) is 5.78 Å². The number of nitrogens with zero attached hydrogens (tertiary/aromatic N) is 2. The molecule has 2 aromatic heterocycles. The predicted molar refractivity (Wildman–Crippen MR) is 55.1 cm³/mol. The Bertz CT molecular complexity index is 487. The number of hydrogen-bond acceptors (Lipinski definition) is 3. The van der Waals surface area contributed by atoms with Crippen molar-refractivity contribution in [2.45, 2.75) is 13.5 Å². The van der Waals surface area contributed by atoms with Gasteiger partial charge in [0.05, 0.1) is 0 Å². The van der Waals surface area contributed by atoms with E-state index in [0.717, 1.165) is 0 Å². The first kappa shape index (κ1) is 9.98. The molecule has 0 fully saturated rings. The lowest BCUT2D eigenvalue weighted by atomic mass is 10.2. The summed E-state index contributed by atoms with van der Waals surface area (Å²) in [6, 6.07) is 4.75. The van der Waals surface area contributed by atoms with Gasteiger partial charge in [0.15, 0.2) is 11.0 Å². The largest absolute Gasteiger partial charge is 0.441 e. The first-order valence-corrected chi connectivity index (χ1v) is 4.92. The van der Waals surface area contributed by atoms with E-state index in [1.165, 1.54) is 0 Å². The van der Waals surface area contributed by atoms with Crippen LogP contribution < -0.4 is 0 Å². The number of halogens is 1. The van der Waals surface area contributed by atoms with E-state index in [-0.39, 0.29) is 16.8 Å². The van der Waals surface area contributed by atoms with Crippen LogP contribution >= 0.6 is 11.6 Å². The summed E-state index contributed by atoms with van der Waals surface area (Å²) in [7, 11) is 0. The molecule has 2 heterocycles. The smallest absolute Gasteiger partial charge is 0.246 e. The predicted octanol–water partition coefficient (Wildman–Crippen LogP) is 2.38. The summed E-state index contributed by atoms with van der Waals surface area (Å²) in [4.78, 5) is 11.9. The maximum Gasteiger partial charge on any atom is 0.246 e. The van der Waals surface area contributed by atoms with Crippen LogP contribution in [0.4, 0.5) is 0 Å². The third-order valence-corrected chi connectivity index (χ3v) is 2.25. The van der Waals surface area contributed by atoms with Gasteiger partial charge in [-0.25, -0.2) is 0 Å². The fourth-order valence-corrected chi connectivity index (χ4v) is 1.49. The molecular formula is C10H9ClN2O2. The lowest BCUT2D eigenvalue weighted by Gasteiger charge is -2.00. The Labute approximate surface area is 91.4 Å². The molecule has 0 radical (unpaired) electrons. The van der Waals surface area contributed by atoms with Gasteiger partial charge >= 0.3 is 0 Å². The van der Waals surface area contributed by atoms with Crippen molar-refractivity contribution in [2.75, 3.05) is 0 Å². The lowest BCUT2D eigenvalue weighted by molar-refractivity contribution is 0.0999. The zero-order valence-corrected chi connectivity index (χ0v) is 8.86. The Morgan fingerprint density at radius 1 is 1.53 bits per heavy atom. The van der Waals surface area contributed by atoms with Crippen molar-refractivity contribution in [2.24, 2.45) is 0 Å². The quantitative estimate of drug-likeness (QED) is 0.752. The highest BCUT2D eigenvalue weighted by Gasteiger charge is 2.16. The number of hydrogen-bond donors (Lipinski definition) is 0. The monoisotopic (exact) mass is 224 g/mol. The molecular weight excluding hydrogens is 216 g/mol. The average molecular weight is 225 g/mol. The second-order valence-corrected chi connectivity index (χ2v) is 3.34. The molecule has 15 heavy (non-hydrogen) atoms. The van der Waals surface area contributed by atoms with Crippen LogP contribution in [0.25, 0.3) is 0 Å². The average Bonchev–Trinajstić information content (AvgIpc) is 2.84. The van der Waals surface area contributed by atoms with Crippen molar-refractivity contribution in [3.63, 3.8) is 0 Å². The van der Waals surface area contributed by atoms with E-state index >= 15 is 0 Å². The standard InChI is InChI=1S/C10H9ClN2O2/c1-2-13-7(5-6-12-13)10(14)8-3-4-9(11)15-8/h3-6H,2H2,1H3. The molecule has 0 saturated carbocycles. The van der Waals surface area contributed by atoms with Crippen molar-refractivity contribution < 1.29 is 9.21 Å². The third kappa shape index (κ3) is 1.80. The molecule has 0 unspecified atom stereocenters. The van der Waals surface area contributed by atoms with E-state index in [0.29, 0.717) is 12.2 Å². The molecule has 0 saturated heterocycles. The first-order chi connectivity index (χ1) is 7.22. The second-order valence-electron chi connectivity index (χ2n) is 2.97. The third-order valence-electron chi connectivity index (χ3n) is 2.05. The number of aromatic nitrogens is 2. The van der Waals surface area contributed by atoms with Gasteiger partial charge in [-0.3, -0.25) is 9.48 Å². The number of carbonyl (C=O) groups is 1. The van der Waals surface area contributed by atoms with Gasteiger partial charge in [0.25, 0.3) is 0 Å². The zero-order chi connectivity index (χ0) is 10.8. The van der Waals surface area contributed by atoms with Crippen LogP contribution in [-0.4, -0.2) is 15.6 Å². The molecule has 2 rings (SSSR count). The number of aryl methyl sites for hydroxylation is 1. The van der Waals surface area contributed by atoms with Gasteiger partial charge in [0.1, 0.15) is 5.69 Å². The van der Waals surface area contributed by atoms with E-state index in [1.54, 1.807) is 29.1 Å². The summed E-state index contributed by atoms with van der Waals surface area (Å²) < 4.78 is 6.65. The second kappa shape index (κ2) is 3.90.